The first-order chi connectivity index (χ1) is 14.8. The number of aromatic nitrogens is 2. The van der Waals surface area contributed by atoms with Gasteiger partial charge >= 0.3 is 0 Å². The van der Waals surface area contributed by atoms with Crippen molar-refractivity contribution in [3.05, 3.63) is 53.3 Å². The van der Waals surface area contributed by atoms with Gasteiger partial charge in [-0.25, -0.2) is 8.72 Å². The van der Waals surface area contributed by atoms with Crippen molar-refractivity contribution < 1.29 is 9.32 Å². The Kier molecular flexibility index (Phi) is 5.82. The van der Waals surface area contributed by atoms with Crippen molar-refractivity contribution in [1.29, 1.82) is 5.26 Å². The number of allylic oxidation sites excluding steroid dienone is 3. The van der Waals surface area contributed by atoms with Gasteiger partial charge in [-0.05, 0) is 42.0 Å². The molecule has 0 fully saturated rings. The lowest BCUT2D eigenvalue weighted by molar-refractivity contribution is 0.217. The lowest BCUT2D eigenvalue weighted by Gasteiger charge is -2.25. The number of hydrogen-bond donors (Lipinski definition) is 2. The third kappa shape index (κ3) is 4.48. The smallest absolute Gasteiger partial charge is 0.139 e. The first kappa shape index (κ1) is 21.5. The van der Waals surface area contributed by atoms with Crippen LogP contribution in [0.25, 0.3) is 5.52 Å². The van der Waals surface area contributed by atoms with Gasteiger partial charge in [0, 0.05) is 18.7 Å². The first-order valence-electron chi connectivity index (χ1n) is 10.4. The molecule has 162 valence electrons. The van der Waals surface area contributed by atoms with E-state index in [2.05, 4.69) is 53.8 Å². The van der Waals surface area contributed by atoms with Crippen molar-refractivity contribution >= 4 is 28.5 Å². The number of aliphatic imine (C=N–C) groups is 1. The zero-order chi connectivity index (χ0) is 22.2. The standard InChI is InChI=1S/C23H27N5O2S/c1-23(2,3)17-5-7-19(8-6-17)31(30)27-22-9-4-15(12-24)21-11-20(26-28(21)22)16-10-18(29)14-25-13-16/h4-7,9,11,14,16,18-19,27,29H,8,10,13H2,1-3H3. The van der Waals surface area contributed by atoms with Crippen LogP contribution in [-0.4, -0.2) is 43.0 Å². The van der Waals surface area contributed by atoms with Crippen LogP contribution in [0.3, 0.4) is 0 Å². The Labute approximate surface area is 184 Å². The van der Waals surface area contributed by atoms with Gasteiger partial charge < -0.3 is 5.11 Å². The number of anilines is 1. The fourth-order valence-electron chi connectivity index (χ4n) is 3.91. The summed E-state index contributed by atoms with van der Waals surface area (Å²) in [6.45, 7) is 7.04. The number of aliphatic hydroxyl groups is 1. The predicted octanol–water partition coefficient (Wildman–Crippen LogP) is 3.50. The molecule has 0 spiro atoms. The Bertz CT molecular complexity index is 1150. The van der Waals surface area contributed by atoms with E-state index in [0.717, 1.165) is 5.69 Å². The van der Waals surface area contributed by atoms with E-state index >= 15 is 0 Å². The van der Waals surface area contributed by atoms with Gasteiger partial charge in [0.2, 0.25) is 0 Å². The van der Waals surface area contributed by atoms with Gasteiger partial charge in [-0.1, -0.05) is 39.0 Å². The van der Waals surface area contributed by atoms with Crippen LogP contribution in [0.1, 0.15) is 50.8 Å². The molecule has 0 radical (unpaired) electrons. The van der Waals surface area contributed by atoms with Crippen molar-refractivity contribution in [2.75, 3.05) is 11.3 Å². The molecule has 1 aliphatic carbocycles. The molecule has 4 rings (SSSR count). The highest BCUT2D eigenvalue weighted by molar-refractivity contribution is 7.87. The largest absolute Gasteiger partial charge is 0.387 e. The summed E-state index contributed by atoms with van der Waals surface area (Å²) in [5.41, 5.74) is 3.22. The molecule has 0 amide bonds. The Hall–Kier alpha value is -2.76. The monoisotopic (exact) mass is 437 g/mol. The lowest BCUT2D eigenvalue weighted by atomic mass is 9.84. The summed E-state index contributed by atoms with van der Waals surface area (Å²) in [7, 11) is -1.35. The molecule has 2 aromatic rings. The number of pyridine rings is 1. The topological polar surface area (TPSA) is 103 Å². The molecule has 7 nitrogen and oxygen atoms in total. The molecule has 0 bridgehead atoms. The quantitative estimate of drug-likeness (QED) is 0.764. The average molecular weight is 438 g/mol. The van der Waals surface area contributed by atoms with Crippen molar-refractivity contribution in [3.63, 3.8) is 0 Å². The minimum atomic E-state index is -1.35. The second kappa shape index (κ2) is 8.40. The fourth-order valence-corrected chi connectivity index (χ4v) is 4.91. The van der Waals surface area contributed by atoms with Crippen LogP contribution < -0.4 is 4.72 Å². The number of rotatable bonds is 4. The number of nitrogens with one attached hydrogen (secondary N) is 1. The van der Waals surface area contributed by atoms with Gasteiger partial charge in [-0.15, -0.1) is 0 Å². The number of hydrogen-bond acceptors (Lipinski definition) is 5. The van der Waals surface area contributed by atoms with E-state index < -0.39 is 17.1 Å². The van der Waals surface area contributed by atoms with E-state index in [1.54, 1.807) is 22.9 Å². The first-order valence-corrected chi connectivity index (χ1v) is 11.6. The second-order valence-corrected chi connectivity index (χ2v) is 10.5. The van der Waals surface area contributed by atoms with Crippen LogP contribution in [0.2, 0.25) is 0 Å². The molecular weight excluding hydrogens is 410 g/mol. The molecule has 2 N–H and O–H groups in total. The highest BCUT2D eigenvalue weighted by atomic mass is 32.2. The Morgan fingerprint density at radius 1 is 1.35 bits per heavy atom. The molecule has 0 saturated heterocycles. The van der Waals surface area contributed by atoms with Gasteiger partial charge in [-0.2, -0.15) is 10.4 Å². The van der Waals surface area contributed by atoms with E-state index in [4.69, 9.17) is 0 Å². The number of fused-ring (bicyclic) bond motifs is 1. The maximum atomic E-state index is 13.0. The maximum absolute atomic E-state index is 13.0. The van der Waals surface area contributed by atoms with Crippen molar-refractivity contribution in [2.45, 2.75) is 50.9 Å². The van der Waals surface area contributed by atoms with Crippen LogP contribution >= 0.6 is 0 Å². The molecule has 8 heteroatoms. The average Bonchev–Trinajstić information content (AvgIpc) is 3.19. The Morgan fingerprint density at radius 2 is 2.16 bits per heavy atom. The molecular formula is C23H27N5O2S. The van der Waals surface area contributed by atoms with Crippen LogP contribution in [0.15, 0.2) is 47.0 Å². The highest BCUT2D eigenvalue weighted by Crippen LogP contribution is 2.31. The van der Waals surface area contributed by atoms with Gasteiger partial charge in [0.1, 0.15) is 22.9 Å². The normalized spacial score (nSPS) is 24.6. The molecule has 31 heavy (non-hydrogen) atoms. The molecule has 4 unspecified atom stereocenters. The summed E-state index contributed by atoms with van der Waals surface area (Å²) < 4.78 is 17.8. The van der Waals surface area contributed by atoms with E-state index in [-0.39, 0.29) is 16.6 Å². The van der Waals surface area contributed by atoms with Gasteiger partial charge in [0.05, 0.1) is 28.1 Å². The van der Waals surface area contributed by atoms with E-state index in [1.807, 2.05) is 12.1 Å². The third-order valence-corrected chi connectivity index (χ3v) is 7.02. The summed E-state index contributed by atoms with van der Waals surface area (Å²) in [4.78, 5) is 4.22. The molecule has 2 aromatic heterocycles. The van der Waals surface area contributed by atoms with Crippen molar-refractivity contribution in [1.82, 2.24) is 9.61 Å². The van der Waals surface area contributed by atoms with Crippen LogP contribution in [0.4, 0.5) is 5.82 Å². The Morgan fingerprint density at radius 3 is 2.81 bits per heavy atom. The molecule has 3 heterocycles. The molecule has 0 aromatic carbocycles. The maximum Gasteiger partial charge on any atom is 0.139 e. The minimum absolute atomic E-state index is 0.0213. The lowest BCUT2D eigenvalue weighted by Crippen LogP contribution is -2.23. The van der Waals surface area contributed by atoms with Crippen LogP contribution in [0, 0.1) is 16.7 Å². The van der Waals surface area contributed by atoms with Crippen molar-refractivity contribution in [3.8, 4) is 6.07 Å². The number of aliphatic hydroxyl groups excluding tert-OH is 1. The summed E-state index contributed by atoms with van der Waals surface area (Å²) in [5, 5.41) is 23.9. The summed E-state index contributed by atoms with van der Waals surface area (Å²) in [6, 6.07) is 7.50. The fraction of sp³-hybridized carbons (Fsp3) is 0.435. The van der Waals surface area contributed by atoms with E-state index in [9.17, 15) is 14.6 Å². The summed E-state index contributed by atoms with van der Waals surface area (Å²) in [6.07, 6.45) is 8.42. The van der Waals surface area contributed by atoms with Crippen LogP contribution in [-0.2, 0) is 11.0 Å². The Balaban J connectivity index is 1.59. The summed E-state index contributed by atoms with van der Waals surface area (Å²) in [5.74, 6) is 0.546. The zero-order valence-electron chi connectivity index (χ0n) is 17.9. The highest BCUT2D eigenvalue weighted by Gasteiger charge is 2.25. The molecule has 0 saturated carbocycles. The zero-order valence-corrected chi connectivity index (χ0v) is 18.8. The van der Waals surface area contributed by atoms with Crippen molar-refractivity contribution in [2.24, 2.45) is 10.4 Å². The number of nitriles is 1. The SMILES string of the molecule is CC(C)(C)C1=CCC(S(=O)Nc2ccc(C#N)c3cc(C4CN=CC(O)C4)nn23)C=C1. The third-order valence-electron chi connectivity index (χ3n) is 5.71. The van der Waals surface area contributed by atoms with E-state index in [0.29, 0.717) is 36.3 Å². The molecule has 2 aliphatic rings. The van der Waals surface area contributed by atoms with Gasteiger partial charge in [0.25, 0.3) is 0 Å². The molecule has 1 aliphatic heterocycles. The van der Waals surface area contributed by atoms with Gasteiger partial charge in [0.15, 0.2) is 0 Å². The van der Waals surface area contributed by atoms with Crippen LogP contribution in [0.5, 0.6) is 0 Å². The predicted molar refractivity (Wildman–Crippen MR) is 123 cm³/mol. The number of nitrogens with zero attached hydrogens (tertiary/aromatic N) is 4. The second-order valence-electron chi connectivity index (χ2n) is 9.07. The summed E-state index contributed by atoms with van der Waals surface area (Å²) >= 11 is 0. The molecule has 4 atom stereocenters. The minimum Gasteiger partial charge on any atom is -0.387 e. The van der Waals surface area contributed by atoms with E-state index in [1.165, 1.54) is 5.57 Å². The van der Waals surface area contributed by atoms with Gasteiger partial charge in [-0.3, -0.25) is 9.71 Å².